The van der Waals surface area contributed by atoms with Crippen LogP contribution in [0.1, 0.15) is 33.3 Å². The highest BCUT2D eigenvalue weighted by Crippen LogP contribution is 2.30. The quantitative estimate of drug-likeness (QED) is 0.605. The zero-order valence-electron chi connectivity index (χ0n) is 14.8. The summed E-state index contributed by atoms with van der Waals surface area (Å²) in [6.45, 7) is 5.23. The van der Waals surface area contributed by atoms with Gasteiger partial charge in [0.05, 0.1) is 7.11 Å². The van der Waals surface area contributed by atoms with Crippen LogP contribution in [0, 0.1) is 0 Å². The Hall–Kier alpha value is -2.90. The molecule has 1 unspecified atom stereocenters. The monoisotopic (exact) mass is 351 g/mol. The Balaban J connectivity index is 3.22. The zero-order chi connectivity index (χ0) is 19.2. The molecule has 8 heteroatoms. The number of nitrogens with one attached hydrogen (secondary N) is 1. The largest absolute Gasteiger partial charge is 0.467 e. The van der Waals surface area contributed by atoms with Gasteiger partial charge in [-0.25, -0.2) is 4.79 Å². The molecular weight excluding hydrogens is 330 g/mol. The van der Waals surface area contributed by atoms with E-state index in [1.807, 2.05) is 0 Å². The van der Waals surface area contributed by atoms with E-state index in [0.29, 0.717) is 5.56 Å². The molecule has 0 fully saturated rings. The van der Waals surface area contributed by atoms with Gasteiger partial charge in [0.2, 0.25) is 5.91 Å². The molecule has 0 heterocycles. The van der Waals surface area contributed by atoms with Crippen LogP contribution in [0.15, 0.2) is 18.2 Å². The van der Waals surface area contributed by atoms with Crippen molar-refractivity contribution in [2.24, 2.45) is 0 Å². The van der Waals surface area contributed by atoms with Gasteiger partial charge in [0.1, 0.15) is 5.54 Å². The molecule has 1 atom stereocenters. The van der Waals surface area contributed by atoms with Gasteiger partial charge in [0.25, 0.3) is 0 Å². The van der Waals surface area contributed by atoms with Crippen molar-refractivity contribution in [1.82, 2.24) is 5.32 Å². The van der Waals surface area contributed by atoms with Gasteiger partial charge < -0.3 is 19.5 Å². The van der Waals surface area contributed by atoms with Crippen molar-refractivity contribution in [3.63, 3.8) is 0 Å². The van der Waals surface area contributed by atoms with E-state index in [-0.39, 0.29) is 17.9 Å². The summed E-state index contributed by atoms with van der Waals surface area (Å²) in [5, 5.41) is 2.56. The molecule has 136 valence electrons. The average molecular weight is 351 g/mol. The minimum atomic E-state index is -1.31. The van der Waals surface area contributed by atoms with Crippen molar-refractivity contribution >= 4 is 23.8 Å². The molecule has 1 aromatic rings. The molecule has 0 saturated carbocycles. The summed E-state index contributed by atoms with van der Waals surface area (Å²) in [6, 6.07) is 4.50. The lowest BCUT2D eigenvalue weighted by Gasteiger charge is -2.27. The first kappa shape index (κ1) is 20.1. The lowest BCUT2D eigenvalue weighted by molar-refractivity contribution is -0.150. The molecule has 0 aliphatic rings. The van der Waals surface area contributed by atoms with E-state index < -0.39 is 29.4 Å². The molecule has 0 bridgehead atoms. The van der Waals surface area contributed by atoms with Crippen LogP contribution in [-0.2, 0) is 30.3 Å². The fraction of sp³-hybridized carbons (Fsp3) is 0.412. The second kappa shape index (κ2) is 8.27. The van der Waals surface area contributed by atoms with Crippen molar-refractivity contribution in [2.45, 2.75) is 39.7 Å². The van der Waals surface area contributed by atoms with Crippen LogP contribution in [0.3, 0.4) is 0 Å². The third-order valence-electron chi connectivity index (χ3n) is 3.16. The summed E-state index contributed by atoms with van der Waals surface area (Å²) in [5.74, 6) is -2.08. The van der Waals surface area contributed by atoms with Crippen LogP contribution in [0.5, 0.6) is 11.5 Å². The van der Waals surface area contributed by atoms with Crippen molar-refractivity contribution in [3.05, 3.63) is 23.8 Å². The topological polar surface area (TPSA) is 108 Å². The third-order valence-corrected chi connectivity index (χ3v) is 3.16. The minimum Gasteiger partial charge on any atom is -0.467 e. The van der Waals surface area contributed by atoms with Crippen molar-refractivity contribution < 1.29 is 33.4 Å². The molecule has 0 aliphatic heterocycles. The number of amides is 1. The maximum Gasteiger partial charge on any atom is 0.331 e. The minimum absolute atomic E-state index is 0.0373. The number of methoxy groups -OCH3 is 1. The Morgan fingerprint density at radius 3 is 2.04 bits per heavy atom. The van der Waals surface area contributed by atoms with Gasteiger partial charge in [-0.1, -0.05) is 6.07 Å². The molecular formula is C17H21NO7. The number of carbonyl (C=O) groups excluding carboxylic acids is 4. The Kier molecular flexibility index (Phi) is 6.67. The average Bonchev–Trinajstić information content (AvgIpc) is 2.47. The molecule has 8 nitrogen and oxygen atoms in total. The molecule has 1 amide bonds. The van der Waals surface area contributed by atoms with Gasteiger partial charge in [-0.2, -0.15) is 0 Å². The predicted molar refractivity (Wildman–Crippen MR) is 87.0 cm³/mol. The maximum absolute atomic E-state index is 12.1. The number of rotatable bonds is 6. The van der Waals surface area contributed by atoms with E-state index >= 15 is 0 Å². The molecule has 1 N–H and O–H groups in total. The Bertz CT molecular complexity index is 698. The highest BCUT2D eigenvalue weighted by Gasteiger charge is 2.35. The Labute approximate surface area is 145 Å². The first-order valence-electron chi connectivity index (χ1n) is 7.44. The van der Waals surface area contributed by atoms with Crippen LogP contribution in [-0.4, -0.2) is 36.5 Å². The smallest absolute Gasteiger partial charge is 0.331 e. The van der Waals surface area contributed by atoms with Crippen molar-refractivity contribution in [2.75, 3.05) is 7.11 Å². The maximum atomic E-state index is 12.1. The van der Waals surface area contributed by atoms with Crippen LogP contribution in [0.2, 0.25) is 0 Å². The first-order chi connectivity index (χ1) is 11.6. The van der Waals surface area contributed by atoms with E-state index in [1.54, 1.807) is 6.07 Å². The summed E-state index contributed by atoms with van der Waals surface area (Å²) >= 11 is 0. The zero-order valence-corrected chi connectivity index (χ0v) is 14.8. The van der Waals surface area contributed by atoms with E-state index in [4.69, 9.17) is 14.2 Å². The predicted octanol–water partition coefficient (Wildman–Crippen LogP) is 1.15. The summed E-state index contributed by atoms with van der Waals surface area (Å²) in [4.78, 5) is 45.9. The van der Waals surface area contributed by atoms with Gasteiger partial charge in [-0.15, -0.1) is 0 Å². The van der Waals surface area contributed by atoms with Crippen molar-refractivity contribution in [1.29, 1.82) is 0 Å². The molecule has 0 aliphatic carbocycles. The van der Waals surface area contributed by atoms with E-state index in [9.17, 15) is 19.2 Å². The highest BCUT2D eigenvalue weighted by atomic mass is 16.6. The van der Waals surface area contributed by atoms with Gasteiger partial charge in [0.15, 0.2) is 11.5 Å². The second-order valence-corrected chi connectivity index (χ2v) is 5.65. The summed E-state index contributed by atoms with van der Waals surface area (Å²) in [5.41, 5.74) is -0.745. The van der Waals surface area contributed by atoms with Gasteiger partial charge >= 0.3 is 17.9 Å². The lowest BCUT2D eigenvalue weighted by atomic mass is 9.92. The normalized spacial score (nSPS) is 12.5. The standard InChI is InChI=1S/C17H21NO7/c1-10(19)18-17(4,16(22)23-5)9-13-6-7-14(24-11(2)20)15(8-13)25-12(3)21/h6-8H,9H2,1-5H3,(H,18,19). The third kappa shape index (κ3) is 5.91. The van der Waals surface area contributed by atoms with Crippen molar-refractivity contribution in [3.8, 4) is 11.5 Å². The lowest BCUT2D eigenvalue weighted by Crippen LogP contribution is -2.53. The summed E-state index contributed by atoms with van der Waals surface area (Å²) < 4.78 is 14.8. The number of hydrogen-bond acceptors (Lipinski definition) is 7. The number of ether oxygens (including phenoxy) is 3. The Morgan fingerprint density at radius 1 is 1.00 bits per heavy atom. The van der Waals surface area contributed by atoms with E-state index in [2.05, 4.69) is 5.32 Å². The second-order valence-electron chi connectivity index (χ2n) is 5.65. The fourth-order valence-electron chi connectivity index (χ4n) is 2.33. The number of hydrogen-bond donors (Lipinski definition) is 1. The van der Waals surface area contributed by atoms with Crippen LogP contribution in [0.25, 0.3) is 0 Å². The Morgan fingerprint density at radius 2 is 1.56 bits per heavy atom. The van der Waals surface area contributed by atoms with Crippen LogP contribution in [0.4, 0.5) is 0 Å². The molecule has 0 radical (unpaired) electrons. The molecule has 0 spiro atoms. The molecule has 0 aromatic heterocycles. The molecule has 0 saturated heterocycles. The van der Waals surface area contributed by atoms with Gasteiger partial charge in [-0.05, 0) is 24.6 Å². The van der Waals surface area contributed by atoms with Crippen LogP contribution < -0.4 is 14.8 Å². The summed E-state index contributed by atoms with van der Waals surface area (Å²) in [6.07, 6.45) is 0.0773. The van der Waals surface area contributed by atoms with Gasteiger partial charge in [0, 0.05) is 27.2 Å². The van der Waals surface area contributed by atoms with Gasteiger partial charge in [-0.3, -0.25) is 14.4 Å². The first-order valence-corrected chi connectivity index (χ1v) is 7.44. The fourth-order valence-corrected chi connectivity index (χ4v) is 2.33. The van der Waals surface area contributed by atoms with Crippen LogP contribution >= 0.6 is 0 Å². The molecule has 1 rings (SSSR count). The number of esters is 3. The van der Waals surface area contributed by atoms with E-state index in [1.165, 1.54) is 46.9 Å². The number of carbonyl (C=O) groups is 4. The number of benzene rings is 1. The summed E-state index contributed by atoms with van der Waals surface area (Å²) in [7, 11) is 1.22. The highest BCUT2D eigenvalue weighted by molar-refractivity contribution is 5.87. The SMILES string of the molecule is COC(=O)C(C)(Cc1ccc(OC(C)=O)c(OC(C)=O)c1)NC(C)=O. The molecule has 1 aromatic carbocycles. The molecule has 25 heavy (non-hydrogen) atoms. The van der Waals surface area contributed by atoms with E-state index in [0.717, 1.165) is 0 Å².